The second-order valence-corrected chi connectivity index (χ2v) is 3.98. The third-order valence-electron chi connectivity index (χ3n) is 1.66. The fourth-order valence-corrected chi connectivity index (χ4v) is 1.40. The van der Waals surface area contributed by atoms with E-state index >= 15 is 0 Å². The van der Waals surface area contributed by atoms with Gasteiger partial charge in [0.25, 0.3) is 0 Å². The van der Waals surface area contributed by atoms with Crippen LogP contribution in [0.1, 0.15) is 5.69 Å². The van der Waals surface area contributed by atoms with E-state index in [0.29, 0.717) is 13.1 Å². The lowest BCUT2D eigenvalue weighted by atomic mass is 10.4. The quantitative estimate of drug-likeness (QED) is 0.784. The van der Waals surface area contributed by atoms with E-state index in [-0.39, 0.29) is 17.5 Å². The average molecular weight is 240 g/mol. The molecule has 1 rings (SSSR count). The van der Waals surface area contributed by atoms with Gasteiger partial charge in [-0.3, -0.25) is 4.68 Å². The first-order valence-corrected chi connectivity index (χ1v) is 5.22. The van der Waals surface area contributed by atoms with Crippen LogP contribution in [-0.2, 0) is 13.6 Å². The molecule has 0 saturated carbocycles. The summed E-state index contributed by atoms with van der Waals surface area (Å²) in [5.74, 6) is 0.00871. The zero-order valence-electron chi connectivity index (χ0n) is 8.08. The number of halogens is 3. The number of rotatable bonds is 5. The van der Waals surface area contributed by atoms with Crippen LogP contribution in [0.2, 0.25) is 0 Å². The van der Waals surface area contributed by atoms with Crippen molar-refractivity contribution in [2.45, 2.75) is 12.1 Å². The summed E-state index contributed by atoms with van der Waals surface area (Å²) in [5.41, 5.74) is -3.30. The van der Waals surface area contributed by atoms with E-state index in [2.05, 4.69) is 15.6 Å². The standard InChI is InChI=1S/C7H11F3N4S/c1-14-6(5-12-13-14)4-11-2-3-15-7(8,9)10/h5,11H,2-4H2,1H3. The van der Waals surface area contributed by atoms with Gasteiger partial charge in [0.05, 0.1) is 11.9 Å². The summed E-state index contributed by atoms with van der Waals surface area (Å²) in [6, 6.07) is 0. The van der Waals surface area contributed by atoms with Gasteiger partial charge < -0.3 is 5.32 Å². The van der Waals surface area contributed by atoms with Crippen molar-refractivity contribution in [3.8, 4) is 0 Å². The van der Waals surface area contributed by atoms with Crippen LogP contribution in [0.25, 0.3) is 0 Å². The van der Waals surface area contributed by atoms with Gasteiger partial charge in [0, 0.05) is 25.9 Å². The lowest BCUT2D eigenvalue weighted by molar-refractivity contribution is -0.0327. The molecule has 0 unspecified atom stereocenters. The molecule has 1 N–H and O–H groups in total. The number of hydrogen-bond donors (Lipinski definition) is 1. The van der Waals surface area contributed by atoms with Crippen molar-refractivity contribution in [2.24, 2.45) is 7.05 Å². The maximum atomic E-state index is 11.7. The number of nitrogens with zero attached hydrogens (tertiary/aromatic N) is 3. The second kappa shape index (κ2) is 5.36. The van der Waals surface area contributed by atoms with Gasteiger partial charge in [0.15, 0.2) is 0 Å². The van der Waals surface area contributed by atoms with Gasteiger partial charge in [-0.05, 0) is 11.8 Å². The van der Waals surface area contributed by atoms with Crippen molar-refractivity contribution in [3.63, 3.8) is 0 Å². The van der Waals surface area contributed by atoms with Crippen molar-refractivity contribution in [1.82, 2.24) is 20.3 Å². The zero-order valence-corrected chi connectivity index (χ0v) is 8.90. The summed E-state index contributed by atoms with van der Waals surface area (Å²) < 4.78 is 36.8. The van der Waals surface area contributed by atoms with Crippen LogP contribution in [0.4, 0.5) is 13.2 Å². The van der Waals surface area contributed by atoms with Crippen LogP contribution < -0.4 is 5.32 Å². The Labute approximate surface area is 89.2 Å². The maximum absolute atomic E-state index is 11.7. The molecule has 8 heteroatoms. The summed E-state index contributed by atoms with van der Waals surface area (Å²) in [7, 11) is 1.73. The number of alkyl halides is 3. The van der Waals surface area contributed by atoms with Gasteiger partial charge >= 0.3 is 5.51 Å². The summed E-state index contributed by atoms with van der Waals surface area (Å²) in [5, 5.41) is 10.2. The number of aromatic nitrogens is 3. The first-order valence-electron chi connectivity index (χ1n) is 4.24. The summed E-state index contributed by atoms with van der Waals surface area (Å²) in [6.07, 6.45) is 1.57. The first-order chi connectivity index (χ1) is 6.99. The number of hydrogen-bond acceptors (Lipinski definition) is 4. The van der Waals surface area contributed by atoms with Gasteiger partial charge in [-0.1, -0.05) is 5.21 Å². The molecule has 1 aromatic rings. The number of aryl methyl sites for hydroxylation is 1. The smallest absolute Gasteiger partial charge is 0.310 e. The first kappa shape index (κ1) is 12.3. The van der Waals surface area contributed by atoms with Crippen LogP contribution in [0, 0.1) is 0 Å². The Hall–Kier alpha value is -0.760. The van der Waals surface area contributed by atoms with E-state index in [0.717, 1.165) is 5.69 Å². The number of nitrogens with one attached hydrogen (secondary N) is 1. The molecule has 0 aromatic carbocycles. The third-order valence-corrected chi connectivity index (χ3v) is 2.39. The Morgan fingerprint density at radius 2 is 2.27 bits per heavy atom. The summed E-state index contributed by atoms with van der Waals surface area (Å²) in [4.78, 5) is 0. The molecular weight excluding hydrogens is 229 g/mol. The van der Waals surface area contributed by atoms with Crippen LogP contribution in [0.15, 0.2) is 6.20 Å². The van der Waals surface area contributed by atoms with E-state index < -0.39 is 5.51 Å². The highest BCUT2D eigenvalue weighted by atomic mass is 32.2. The topological polar surface area (TPSA) is 42.7 Å². The minimum Gasteiger partial charge on any atom is -0.310 e. The summed E-state index contributed by atoms with van der Waals surface area (Å²) >= 11 is -0.0256. The fourth-order valence-electron chi connectivity index (χ4n) is 0.926. The van der Waals surface area contributed by atoms with Crippen LogP contribution >= 0.6 is 11.8 Å². The SMILES string of the molecule is Cn1nncc1CNCCSC(F)(F)F. The highest BCUT2D eigenvalue weighted by molar-refractivity contribution is 8.00. The minimum atomic E-state index is -4.14. The van der Waals surface area contributed by atoms with Gasteiger partial charge in [-0.2, -0.15) is 13.2 Å². The third kappa shape index (κ3) is 5.03. The highest BCUT2D eigenvalue weighted by Gasteiger charge is 2.27. The molecular formula is C7H11F3N4S. The molecule has 86 valence electrons. The van der Waals surface area contributed by atoms with Crippen molar-refractivity contribution in [2.75, 3.05) is 12.3 Å². The van der Waals surface area contributed by atoms with E-state index in [1.54, 1.807) is 17.9 Å². The monoisotopic (exact) mass is 240 g/mol. The molecule has 1 heterocycles. The van der Waals surface area contributed by atoms with E-state index in [4.69, 9.17) is 0 Å². The molecule has 15 heavy (non-hydrogen) atoms. The van der Waals surface area contributed by atoms with Crippen LogP contribution in [0.5, 0.6) is 0 Å². The largest absolute Gasteiger partial charge is 0.441 e. The Morgan fingerprint density at radius 3 is 2.80 bits per heavy atom. The Balaban J connectivity index is 2.10. The molecule has 0 amide bonds. The van der Waals surface area contributed by atoms with E-state index in [9.17, 15) is 13.2 Å². The maximum Gasteiger partial charge on any atom is 0.441 e. The van der Waals surface area contributed by atoms with Gasteiger partial charge in [0.2, 0.25) is 0 Å². The van der Waals surface area contributed by atoms with Crippen LogP contribution in [0.3, 0.4) is 0 Å². The molecule has 4 nitrogen and oxygen atoms in total. The predicted molar refractivity (Wildman–Crippen MR) is 51.2 cm³/mol. The molecule has 0 aliphatic carbocycles. The molecule has 0 saturated heterocycles. The van der Waals surface area contributed by atoms with Crippen molar-refractivity contribution < 1.29 is 13.2 Å². The summed E-state index contributed by atoms with van der Waals surface area (Å²) in [6.45, 7) is 0.775. The molecule has 0 fully saturated rings. The van der Waals surface area contributed by atoms with Crippen molar-refractivity contribution >= 4 is 11.8 Å². The predicted octanol–water partition coefficient (Wildman–Crippen LogP) is 1.16. The molecule has 0 bridgehead atoms. The van der Waals surface area contributed by atoms with Crippen LogP contribution in [-0.4, -0.2) is 32.8 Å². The van der Waals surface area contributed by atoms with Crippen molar-refractivity contribution in [3.05, 3.63) is 11.9 Å². The molecule has 0 radical (unpaired) electrons. The van der Waals surface area contributed by atoms with Crippen molar-refractivity contribution in [1.29, 1.82) is 0 Å². The van der Waals surface area contributed by atoms with E-state index in [1.165, 1.54) is 0 Å². The fraction of sp³-hybridized carbons (Fsp3) is 0.714. The second-order valence-electron chi connectivity index (χ2n) is 2.82. The zero-order chi connectivity index (χ0) is 11.3. The normalized spacial score (nSPS) is 12.0. The van der Waals surface area contributed by atoms with Gasteiger partial charge in [-0.15, -0.1) is 5.10 Å². The Morgan fingerprint density at radius 1 is 1.53 bits per heavy atom. The van der Waals surface area contributed by atoms with Gasteiger partial charge in [0.1, 0.15) is 0 Å². The molecule has 0 aliphatic heterocycles. The lowest BCUT2D eigenvalue weighted by Crippen LogP contribution is -2.19. The van der Waals surface area contributed by atoms with Gasteiger partial charge in [-0.25, -0.2) is 0 Å². The average Bonchev–Trinajstić information content (AvgIpc) is 2.49. The highest BCUT2D eigenvalue weighted by Crippen LogP contribution is 2.29. The molecule has 0 spiro atoms. The Kier molecular flexibility index (Phi) is 4.40. The molecule has 0 aliphatic rings. The number of thioether (sulfide) groups is 1. The minimum absolute atomic E-state index is 0.00871. The molecule has 1 aromatic heterocycles. The Bertz CT molecular complexity index is 299. The lowest BCUT2D eigenvalue weighted by Gasteiger charge is -2.06. The van der Waals surface area contributed by atoms with E-state index in [1.807, 2.05) is 0 Å². The molecule has 0 atom stereocenters.